The van der Waals surface area contributed by atoms with Gasteiger partial charge in [-0.1, -0.05) is 6.07 Å². The normalized spacial score (nSPS) is 11.0. The van der Waals surface area contributed by atoms with Gasteiger partial charge >= 0.3 is 0 Å². The summed E-state index contributed by atoms with van der Waals surface area (Å²) >= 11 is 2.22. The van der Waals surface area contributed by atoms with Crippen LogP contribution >= 0.6 is 22.6 Å². The van der Waals surface area contributed by atoms with Crippen molar-refractivity contribution in [2.45, 2.75) is 0 Å². The molecule has 0 bridgehead atoms. The van der Waals surface area contributed by atoms with Crippen molar-refractivity contribution in [2.24, 2.45) is 0 Å². The summed E-state index contributed by atoms with van der Waals surface area (Å²) in [6.45, 7) is 0. The predicted molar refractivity (Wildman–Crippen MR) is 90.9 cm³/mol. The molecular formula is C15H9IN6. The number of pyridine rings is 3. The van der Waals surface area contributed by atoms with Gasteiger partial charge in [0.1, 0.15) is 11.4 Å². The lowest BCUT2D eigenvalue weighted by Gasteiger charge is -2.02. The van der Waals surface area contributed by atoms with Crippen molar-refractivity contribution in [1.82, 2.24) is 30.4 Å². The molecule has 7 heteroatoms. The van der Waals surface area contributed by atoms with Crippen LogP contribution in [0.5, 0.6) is 0 Å². The molecule has 22 heavy (non-hydrogen) atoms. The fourth-order valence-corrected chi connectivity index (χ4v) is 2.64. The van der Waals surface area contributed by atoms with E-state index in [1.807, 2.05) is 42.6 Å². The van der Waals surface area contributed by atoms with Gasteiger partial charge < -0.3 is 0 Å². The lowest BCUT2D eigenvalue weighted by molar-refractivity contribution is 0.941. The highest BCUT2D eigenvalue weighted by Crippen LogP contribution is 2.26. The topological polar surface area (TPSA) is 80.2 Å². The molecule has 4 aromatic heterocycles. The van der Waals surface area contributed by atoms with E-state index >= 15 is 0 Å². The zero-order valence-corrected chi connectivity index (χ0v) is 13.4. The number of rotatable bonds is 2. The van der Waals surface area contributed by atoms with Gasteiger partial charge in [-0.05, 0) is 52.9 Å². The third kappa shape index (κ3) is 2.33. The molecule has 0 amide bonds. The largest absolute Gasteiger partial charge is 0.254 e. The third-order valence-corrected chi connectivity index (χ3v) is 3.79. The monoisotopic (exact) mass is 400 g/mol. The van der Waals surface area contributed by atoms with Crippen LogP contribution in [-0.2, 0) is 0 Å². The number of fused-ring (bicyclic) bond motifs is 1. The molecule has 0 saturated heterocycles. The summed E-state index contributed by atoms with van der Waals surface area (Å²) in [4.78, 5) is 13.3. The van der Waals surface area contributed by atoms with Crippen molar-refractivity contribution >= 4 is 33.6 Å². The summed E-state index contributed by atoms with van der Waals surface area (Å²) < 4.78 is 1.04. The Labute approximate surface area is 139 Å². The average molecular weight is 400 g/mol. The minimum atomic E-state index is 0.680. The molecule has 4 heterocycles. The van der Waals surface area contributed by atoms with Crippen LogP contribution < -0.4 is 0 Å². The number of aromatic amines is 1. The van der Waals surface area contributed by atoms with E-state index in [-0.39, 0.29) is 0 Å². The molecule has 0 unspecified atom stereocenters. The van der Waals surface area contributed by atoms with Crippen LogP contribution in [0.4, 0.5) is 0 Å². The molecule has 0 aliphatic rings. The van der Waals surface area contributed by atoms with Gasteiger partial charge in [0.25, 0.3) is 0 Å². The molecule has 4 rings (SSSR count). The number of aromatic nitrogens is 6. The highest BCUT2D eigenvalue weighted by atomic mass is 127. The van der Waals surface area contributed by atoms with Gasteiger partial charge in [-0.25, -0.2) is 4.98 Å². The first-order valence-corrected chi connectivity index (χ1v) is 7.64. The average Bonchev–Trinajstić information content (AvgIpc) is 3.04. The number of nitrogens with zero attached hydrogens (tertiary/aromatic N) is 5. The molecule has 0 aliphatic carbocycles. The smallest absolute Gasteiger partial charge is 0.140 e. The summed E-state index contributed by atoms with van der Waals surface area (Å²) in [6.07, 6.45) is 3.55. The van der Waals surface area contributed by atoms with Crippen molar-refractivity contribution in [3.8, 4) is 22.8 Å². The molecule has 0 fully saturated rings. The van der Waals surface area contributed by atoms with Gasteiger partial charge in [0.05, 0.1) is 22.4 Å². The van der Waals surface area contributed by atoms with E-state index < -0.39 is 0 Å². The van der Waals surface area contributed by atoms with Crippen molar-refractivity contribution in [1.29, 1.82) is 0 Å². The van der Waals surface area contributed by atoms with Crippen molar-refractivity contribution < 1.29 is 0 Å². The summed E-state index contributed by atoms with van der Waals surface area (Å²) in [5, 5.41) is 11.1. The summed E-state index contributed by atoms with van der Waals surface area (Å²) in [7, 11) is 0. The Morgan fingerprint density at radius 1 is 0.864 bits per heavy atom. The standard InChI is InChI=1S/C15H9IN6/c16-9-7-13-10(18-8-9)4-5-12(19-13)15-14(20-22-21-15)11-3-1-2-6-17-11/h1-8H,(H,20,21,22). The van der Waals surface area contributed by atoms with Crippen LogP contribution in [0.25, 0.3) is 33.8 Å². The molecule has 6 nitrogen and oxygen atoms in total. The highest BCUT2D eigenvalue weighted by Gasteiger charge is 2.15. The predicted octanol–water partition coefficient (Wildman–Crippen LogP) is 3.08. The highest BCUT2D eigenvalue weighted by molar-refractivity contribution is 14.1. The molecule has 0 saturated carbocycles. The number of hydrogen-bond donors (Lipinski definition) is 1. The second-order valence-electron chi connectivity index (χ2n) is 4.62. The molecule has 0 atom stereocenters. The molecular weight excluding hydrogens is 391 g/mol. The first-order valence-electron chi connectivity index (χ1n) is 6.56. The number of halogens is 1. The van der Waals surface area contributed by atoms with E-state index in [0.717, 1.165) is 26.0 Å². The first kappa shape index (κ1) is 13.3. The van der Waals surface area contributed by atoms with Crippen molar-refractivity contribution in [3.63, 3.8) is 0 Å². The maximum Gasteiger partial charge on any atom is 0.140 e. The Morgan fingerprint density at radius 3 is 2.55 bits per heavy atom. The van der Waals surface area contributed by atoms with Crippen molar-refractivity contribution in [3.05, 3.63) is 52.4 Å². The van der Waals surface area contributed by atoms with Gasteiger partial charge in [0.15, 0.2) is 0 Å². The van der Waals surface area contributed by atoms with E-state index in [4.69, 9.17) is 0 Å². The maximum absolute atomic E-state index is 4.65. The molecule has 106 valence electrons. The van der Waals surface area contributed by atoms with E-state index in [0.29, 0.717) is 11.4 Å². The Hall–Kier alpha value is -2.42. The molecule has 0 radical (unpaired) electrons. The Kier molecular flexibility index (Phi) is 3.26. The molecule has 0 spiro atoms. The number of nitrogens with one attached hydrogen (secondary N) is 1. The quantitative estimate of drug-likeness (QED) is 0.523. The zero-order chi connectivity index (χ0) is 14.9. The fraction of sp³-hybridized carbons (Fsp3) is 0. The molecule has 1 N–H and O–H groups in total. The molecule has 4 aromatic rings. The Balaban J connectivity index is 1.88. The van der Waals surface area contributed by atoms with Crippen LogP contribution in [0, 0.1) is 3.57 Å². The fourth-order valence-electron chi connectivity index (χ4n) is 2.20. The maximum atomic E-state index is 4.65. The third-order valence-electron chi connectivity index (χ3n) is 3.20. The van der Waals surface area contributed by atoms with Crippen LogP contribution in [0.3, 0.4) is 0 Å². The number of hydrogen-bond acceptors (Lipinski definition) is 5. The lowest BCUT2D eigenvalue weighted by atomic mass is 10.1. The second kappa shape index (κ2) is 5.41. The van der Waals surface area contributed by atoms with Gasteiger partial charge in [0, 0.05) is 16.0 Å². The zero-order valence-electron chi connectivity index (χ0n) is 11.2. The van der Waals surface area contributed by atoms with E-state index in [1.54, 1.807) is 6.20 Å². The van der Waals surface area contributed by atoms with Crippen LogP contribution in [0.1, 0.15) is 0 Å². The van der Waals surface area contributed by atoms with E-state index in [1.165, 1.54) is 0 Å². The van der Waals surface area contributed by atoms with Gasteiger partial charge in [0.2, 0.25) is 0 Å². The number of H-pyrrole nitrogens is 1. The van der Waals surface area contributed by atoms with E-state index in [9.17, 15) is 0 Å². The molecule has 0 aromatic carbocycles. The van der Waals surface area contributed by atoms with Gasteiger partial charge in [-0.15, -0.1) is 0 Å². The SMILES string of the molecule is Ic1cnc2ccc(-c3n[nH]nc3-c3ccccn3)nc2c1. The van der Waals surface area contributed by atoms with Crippen LogP contribution in [-0.4, -0.2) is 30.4 Å². The minimum Gasteiger partial charge on any atom is -0.254 e. The van der Waals surface area contributed by atoms with Crippen LogP contribution in [0.2, 0.25) is 0 Å². The summed E-state index contributed by atoms with van der Waals surface area (Å²) in [5.41, 5.74) is 4.55. The Morgan fingerprint density at radius 2 is 1.73 bits per heavy atom. The summed E-state index contributed by atoms with van der Waals surface area (Å²) in [5.74, 6) is 0. The van der Waals surface area contributed by atoms with Crippen LogP contribution in [0.15, 0.2) is 48.8 Å². The molecule has 0 aliphatic heterocycles. The van der Waals surface area contributed by atoms with Gasteiger partial charge in [-0.3, -0.25) is 9.97 Å². The van der Waals surface area contributed by atoms with E-state index in [2.05, 4.69) is 53.0 Å². The summed E-state index contributed by atoms with van der Waals surface area (Å²) in [6, 6.07) is 11.5. The van der Waals surface area contributed by atoms with Crippen molar-refractivity contribution in [2.75, 3.05) is 0 Å². The lowest BCUT2D eigenvalue weighted by Crippen LogP contribution is -1.91. The van der Waals surface area contributed by atoms with Gasteiger partial charge in [-0.2, -0.15) is 15.4 Å². The second-order valence-corrected chi connectivity index (χ2v) is 5.87. The minimum absolute atomic E-state index is 0.680. The Bertz CT molecular complexity index is 951. The first-order chi connectivity index (χ1) is 10.8.